The lowest BCUT2D eigenvalue weighted by atomic mass is 10.2. The van der Waals surface area contributed by atoms with Crippen LogP contribution in [0.5, 0.6) is 0 Å². The van der Waals surface area contributed by atoms with E-state index in [1.54, 1.807) is 16.1 Å². The summed E-state index contributed by atoms with van der Waals surface area (Å²) < 4.78 is 2.62. The monoisotopic (exact) mass is 370 g/mol. The van der Waals surface area contributed by atoms with E-state index in [4.69, 9.17) is 0 Å². The van der Waals surface area contributed by atoms with Crippen LogP contribution in [0.1, 0.15) is 24.2 Å². The van der Waals surface area contributed by atoms with Gasteiger partial charge in [-0.1, -0.05) is 23.7 Å². The molecule has 1 amide bonds. The number of carbonyl (C=O) groups is 1. The van der Waals surface area contributed by atoms with Gasteiger partial charge < -0.3 is 10.2 Å². The zero-order valence-electron chi connectivity index (χ0n) is 15.1. The SMILES string of the molecule is CC[NH+](CC)CCNC(=O)c1ccc(-n2sc3ccccc3c2=O)cc1. The minimum absolute atomic E-state index is 0.0231. The summed E-state index contributed by atoms with van der Waals surface area (Å²) in [5.74, 6) is -0.0770. The van der Waals surface area contributed by atoms with Gasteiger partial charge in [-0.05, 0) is 50.2 Å². The molecule has 0 aliphatic rings. The van der Waals surface area contributed by atoms with Crippen LogP contribution in [-0.2, 0) is 0 Å². The molecule has 0 unspecified atom stereocenters. The number of rotatable bonds is 7. The minimum Gasteiger partial charge on any atom is -0.346 e. The van der Waals surface area contributed by atoms with Gasteiger partial charge in [-0.15, -0.1) is 0 Å². The first-order chi connectivity index (χ1) is 12.6. The summed E-state index contributed by atoms with van der Waals surface area (Å²) in [5, 5.41) is 3.69. The van der Waals surface area contributed by atoms with Gasteiger partial charge in [0.2, 0.25) is 0 Å². The summed E-state index contributed by atoms with van der Waals surface area (Å²) in [6.45, 7) is 8.00. The summed E-state index contributed by atoms with van der Waals surface area (Å²) in [6, 6.07) is 14.8. The van der Waals surface area contributed by atoms with Crippen molar-refractivity contribution < 1.29 is 9.69 Å². The molecule has 5 nitrogen and oxygen atoms in total. The van der Waals surface area contributed by atoms with Crippen molar-refractivity contribution in [3.8, 4) is 5.69 Å². The van der Waals surface area contributed by atoms with Crippen LogP contribution in [0.25, 0.3) is 15.8 Å². The first kappa shape index (κ1) is 18.4. The Kier molecular flexibility index (Phi) is 5.85. The molecule has 0 bridgehead atoms. The fourth-order valence-electron chi connectivity index (χ4n) is 2.95. The molecule has 2 aromatic carbocycles. The molecule has 0 saturated heterocycles. The minimum atomic E-state index is -0.0770. The molecule has 0 fully saturated rings. The molecule has 0 aliphatic carbocycles. The van der Waals surface area contributed by atoms with E-state index in [9.17, 15) is 9.59 Å². The Labute approximate surface area is 157 Å². The van der Waals surface area contributed by atoms with Crippen molar-refractivity contribution >= 4 is 27.5 Å². The van der Waals surface area contributed by atoms with Gasteiger partial charge in [0.05, 0.1) is 42.0 Å². The predicted molar refractivity (Wildman–Crippen MR) is 107 cm³/mol. The quantitative estimate of drug-likeness (QED) is 0.665. The van der Waals surface area contributed by atoms with Gasteiger partial charge in [0.25, 0.3) is 11.5 Å². The summed E-state index contributed by atoms with van der Waals surface area (Å²) in [4.78, 5) is 26.2. The normalized spacial score (nSPS) is 11.2. The van der Waals surface area contributed by atoms with Gasteiger partial charge >= 0.3 is 0 Å². The Morgan fingerprint density at radius 2 is 1.77 bits per heavy atom. The third-order valence-electron chi connectivity index (χ3n) is 4.62. The smallest absolute Gasteiger partial charge is 0.273 e. The van der Waals surface area contributed by atoms with Crippen LogP contribution < -0.4 is 15.8 Å². The van der Waals surface area contributed by atoms with Crippen molar-refractivity contribution in [3.05, 3.63) is 64.4 Å². The highest BCUT2D eigenvalue weighted by atomic mass is 32.1. The number of benzene rings is 2. The van der Waals surface area contributed by atoms with Crippen molar-refractivity contribution in [2.24, 2.45) is 0 Å². The maximum absolute atomic E-state index is 12.5. The molecule has 1 heterocycles. The van der Waals surface area contributed by atoms with Crippen LogP contribution in [0.2, 0.25) is 0 Å². The Balaban J connectivity index is 1.71. The highest BCUT2D eigenvalue weighted by Gasteiger charge is 2.11. The molecule has 3 aromatic rings. The maximum Gasteiger partial charge on any atom is 0.273 e. The third kappa shape index (κ3) is 3.86. The molecule has 0 saturated carbocycles. The zero-order chi connectivity index (χ0) is 18.5. The summed E-state index contributed by atoms with van der Waals surface area (Å²) in [6.07, 6.45) is 0. The first-order valence-corrected chi connectivity index (χ1v) is 9.74. The zero-order valence-corrected chi connectivity index (χ0v) is 15.9. The number of nitrogens with one attached hydrogen (secondary N) is 2. The number of likely N-dealkylation sites (N-methyl/N-ethyl adjacent to an activating group) is 1. The number of quaternary nitrogens is 1. The molecule has 0 radical (unpaired) electrons. The molecule has 0 spiro atoms. The molecule has 26 heavy (non-hydrogen) atoms. The number of hydrogen-bond acceptors (Lipinski definition) is 3. The Bertz CT molecular complexity index is 940. The lowest BCUT2D eigenvalue weighted by molar-refractivity contribution is -0.895. The van der Waals surface area contributed by atoms with Gasteiger partial charge in [-0.2, -0.15) is 0 Å². The number of carbonyl (C=O) groups excluding carboxylic acids is 1. The lowest BCUT2D eigenvalue weighted by Crippen LogP contribution is -3.12. The Hall–Kier alpha value is -2.44. The number of nitrogens with zero attached hydrogens (tertiary/aromatic N) is 1. The first-order valence-electron chi connectivity index (χ1n) is 8.97. The fraction of sp³-hybridized carbons (Fsp3) is 0.300. The van der Waals surface area contributed by atoms with Crippen LogP contribution in [0.15, 0.2) is 53.3 Å². The van der Waals surface area contributed by atoms with E-state index in [0.717, 1.165) is 35.4 Å². The highest BCUT2D eigenvalue weighted by molar-refractivity contribution is 7.14. The van der Waals surface area contributed by atoms with E-state index in [1.165, 1.54) is 16.4 Å². The number of aromatic nitrogens is 1. The summed E-state index contributed by atoms with van der Waals surface area (Å²) in [7, 11) is 0. The van der Waals surface area contributed by atoms with E-state index in [0.29, 0.717) is 12.1 Å². The molecule has 2 N–H and O–H groups in total. The second kappa shape index (κ2) is 8.29. The van der Waals surface area contributed by atoms with E-state index >= 15 is 0 Å². The number of fused-ring (bicyclic) bond motifs is 1. The Morgan fingerprint density at radius 1 is 1.08 bits per heavy atom. The van der Waals surface area contributed by atoms with E-state index in [1.807, 2.05) is 36.4 Å². The fourth-order valence-corrected chi connectivity index (χ4v) is 3.95. The Morgan fingerprint density at radius 3 is 2.42 bits per heavy atom. The number of hydrogen-bond donors (Lipinski definition) is 2. The molecule has 0 atom stereocenters. The summed E-state index contributed by atoms with van der Waals surface area (Å²) >= 11 is 1.41. The third-order valence-corrected chi connectivity index (χ3v) is 5.73. The van der Waals surface area contributed by atoms with Crippen molar-refractivity contribution in [1.29, 1.82) is 0 Å². The van der Waals surface area contributed by atoms with Gasteiger partial charge in [0.15, 0.2) is 0 Å². The van der Waals surface area contributed by atoms with Gasteiger partial charge in [0, 0.05) is 5.56 Å². The molecule has 3 rings (SSSR count). The van der Waals surface area contributed by atoms with E-state index < -0.39 is 0 Å². The van der Waals surface area contributed by atoms with Crippen LogP contribution in [0.3, 0.4) is 0 Å². The second-order valence-electron chi connectivity index (χ2n) is 6.20. The van der Waals surface area contributed by atoms with Crippen molar-refractivity contribution in [1.82, 2.24) is 9.27 Å². The topological polar surface area (TPSA) is 55.5 Å². The van der Waals surface area contributed by atoms with Crippen LogP contribution >= 0.6 is 11.5 Å². The van der Waals surface area contributed by atoms with Gasteiger partial charge in [-0.25, -0.2) is 3.96 Å². The predicted octanol–water partition coefficient (Wildman–Crippen LogP) is 1.71. The molecule has 1 aromatic heterocycles. The average Bonchev–Trinajstić information content (AvgIpc) is 3.02. The van der Waals surface area contributed by atoms with E-state index in [-0.39, 0.29) is 11.5 Å². The van der Waals surface area contributed by atoms with Crippen molar-refractivity contribution in [2.75, 3.05) is 26.2 Å². The largest absolute Gasteiger partial charge is 0.346 e. The molecular formula is C20H24N3O2S+. The van der Waals surface area contributed by atoms with Crippen LogP contribution in [-0.4, -0.2) is 36.0 Å². The van der Waals surface area contributed by atoms with Gasteiger partial charge in [-0.3, -0.25) is 9.59 Å². The standard InChI is InChI=1S/C20H23N3O2S/c1-3-22(4-2)14-13-21-19(24)15-9-11-16(12-10-15)23-20(25)17-7-5-6-8-18(17)26-23/h5-12H,3-4,13-14H2,1-2H3,(H,21,24)/p+1. The second-order valence-corrected chi connectivity index (χ2v) is 7.18. The van der Waals surface area contributed by atoms with E-state index in [2.05, 4.69) is 19.2 Å². The molecule has 6 heteroatoms. The van der Waals surface area contributed by atoms with Crippen LogP contribution in [0, 0.1) is 0 Å². The van der Waals surface area contributed by atoms with Crippen LogP contribution in [0.4, 0.5) is 0 Å². The molecular weight excluding hydrogens is 346 g/mol. The van der Waals surface area contributed by atoms with Crippen molar-refractivity contribution in [3.63, 3.8) is 0 Å². The number of amides is 1. The highest BCUT2D eigenvalue weighted by Crippen LogP contribution is 2.20. The molecule has 136 valence electrons. The average molecular weight is 370 g/mol. The maximum atomic E-state index is 12.5. The summed E-state index contributed by atoms with van der Waals surface area (Å²) in [5.41, 5.74) is 1.36. The lowest BCUT2D eigenvalue weighted by Gasteiger charge is -2.15. The van der Waals surface area contributed by atoms with Crippen molar-refractivity contribution in [2.45, 2.75) is 13.8 Å². The van der Waals surface area contributed by atoms with Gasteiger partial charge in [0.1, 0.15) is 0 Å². The molecule has 0 aliphatic heterocycles.